The molecule has 0 N–H and O–H groups in total. The molecule has 0 aromatic heterocycles. The van der Waals surface area contributed by atoms with Gasteiger partial charge in [-0.25, -0.2) is 0 Å². The minimum atomic E-state index is -0.0802. The average Bonchev–Trinajstić information content (AvgIpc) is 3.07. The van der Waals surface area contributed by atoms with Crippen LogP contribution < -0.4 is 0 Å². The summed E-state index contributed by atoms with van der Waals surface area (Å²) in [5.41, 5.74) is 0. The van der Waals surface area contributed by atoms with E-state index in [1.54, 1.807) is 0 Å². The van der Waals surface area contributed by atoms with Crippen molar-refractivity contribution in [2.75, 3.05) is 40.5 Å². The highest BCUT2D eigenvalue weighted by atomic mass is 16.5. The summed E-state index contributed by atoms with van der Waals surface area (Å²) in [5, 5.41) is 0. The smallest absolute Gasteiger partial charge is 0.308 e. The average molecular weight is 710 g/mol. The van der Waals surface area contributed by atoms with Crippen molar-refractivity contribution in [2.45, 2.75) is 201 Å². The standard InChI is InChI=1S/C43H83NO6/c1-7-9-17-27-39(28-18-10-8-2)33-37-49-42(46)32-21-14-12-11-13-19-29-40(43(47)50-36-25-34-44(5)6)30-20-15-16-22-31-41(45)48-35-24-23-26-38(3)4/h38-40H,7-37H2,1-6H3. The van der Waals surface area contributed by atoms with Gasteiger partial charge < -0.3 is 19.1 Å². The number of hydrogen-bond acceptors (Lipinski definition) is 7. The van der Waals surface area contributed by atoms with Gasteiger partial charge in [0.25, 0.3) is 0 Å². The molecule has 0 heterocycles. The molecule has 0 aliphatic heterocycles. The Morgan fingerprint density at radius 3 is 1.46 bits per heavy atom. The zero-order chi connectivity index (χ0) is 37.1. The highest BCUT2D eigenvalue weighted by Gasteiger charge is 2.19. The van der Waals surface area contributed by atoms with Crippen molar-refractivity contribution in [1.29, 1.82) is 0 Å². The molecule has 0 aliphatic carbocycles. The number of unbranched alkanes of at least 4 members (excludes halogenated alkanes) is 13. The minimum Gasteiger partial charge on any atom is -0.466 e. The van der Waals surface area contributed by atoms with Crippen molar-refractivity contribution in [3.63, 3.8) is 0 Å². The van der Waals surface area contributed by atoms with Crippen LogP contribution in [0.25, 0.3) is 0 Å². The van der Waals surface area contributed by atoms with Crippen molar-refractivity contribution in [3.8, 4) is 0 Å². The van der Waals surface area contributed by atoms with Gasteiger partial charge in [-0.15, -0.1) is 0 Å². The van der Waals surface area contributed by atoms with Crippen LogP contribution in [0.15, 0.2) is 0 Å². The topological polar surface area (TPSA) is 82.1 Å². The fraction of sp³-hybridized carbons (Fsp3) is 0.930. The van der Waals surface area contributed by atoms with Crippen LogP contribution in [0.3, 0.4) is 0 Å². The van der Waals surface area contributed by atoms with E-state index < -0.39 is 0 Å². The van der Waals surface area contributed by atoms with Crippen LogP contribution in [0, 0.1) is 17.8 Å². The number of nitrogens with zero attached hydrogens (tertiary/aromatic N) is 1. The van der Waals surface area contributed by atoms with Crippen molar-refractivity contribution >= 4 is 17.9 Å². The van der Waals surface area contributed by atoms with Crippen LogP contribution in [-0.2, 0) is 28.6 Å². The van der Waals surface area contributed by atoms with E-state index in [1.165, 1.54) is 57.8 Å². The first-order valence-electron chi connectivity index (χ1n) is 21.3. The third-order valence-corrected chi connectivity index (χ3v) is 9.85. The number of esters is 3. The van der Waals surface area contributed by atoms with Gasteiger partial charge in [-0.1, -0.05) is 137 Å². The molecule has 7 heteroatoms. The maximum Gasteiger partial charge on any atom is 0.308 e. The Morgan fingerprint density at radius 1 is 0.480 bits per heavy atom. The number of hydrogen-bond donors (Lipinski definition) is 0. The maximum atomic E-state index is 12.9. The fourth-order valence-corrected chi connectivity index (χ4v) is 6.56. The fourth-order valence-electron chi connectivity index (χ4n) is 6.56. The molecular formula is C43H83NO6. The van der Waals surface area contributed by atoms with Crippen LogP contribution in [-0.4, -0.2) is 63.3 Å². The highest BCUT2D eigenvalue weighted by molar-refractivity contribution is 5.72. The summed E-state index contributed by atoms with van der Waals surface area (Å²) in [6, 6.07) is 0. The number of ether oxygens (including phenoxy) is 3. The van der Waals surface area contributed by atoms with E-state index in [9.17, 15) is 14.4 Å². The van der Waals surface area contributed by atoms with Gasteiger partial charge in [0.2, 0.25) is 0 Å². The van der Waals surface area contributed by atoms with E-state index in [0.29, 0.717) is 44.5 Å². The van der Waals surface area contributed by atoms with Gasteiger partial charge in [-0.05, 0) is 77.3 Å². The van der Waals surface area contributed by atoms with Gasteiger partial charge in [-0.3, -0.25) is 14.4 Å². The summed E-state index contributed by atoms with van der Waals surface area (Å²) in [4.78, 5) is 39.4. The first-order chi connectivity index (χ1) is 24.2. The van der Waals surface area contributed by atoms with E-state index in [2.05, 4.69) is 32.6 Å². The summed E-state index contributed by atoms with van der Waals surface area (Å²) in [5.74, 6) is 1.19. The first kappa shape index (κ1) is 48.4. The minimum absolute atomic E-state index is 0.0368. The molecule has 0 rings (SSSR count). The molecule has 0 aromatic rings. The molecule has 0 fully saturated rings. The predicted octanol–water partition coefficient (Wildman–Crippen LogP) is 11.6. The van der Waals surface area contributed by atoms with E-state index in [-0.39, 0.29) is 23.8 Å². The normalized spacial score (nSPS) is 12.2. The second-order valence-corrected chi connectivity index (χ2v) is 15.6. The van der Waals surface area contributed by atoms with Gasteiger partial charge >= 0.3 is 17.9 Å². The maximum absolute atomic E-state index is 12.9. The Hall–Kier alpha value is -1.63. The Bertz CT molecular complexity index is 775. The second-order valence-electron chi connectivity index (χ2n) is 15.6. The Balaban J connectivity index is 4.22. The molecule has 7 nitrogen and oxygen atoms in total. The molecule has 0 radical (unpaired) electrons. The lowest BCUT2D eigenvalue weighted by Gasteiger charge is -2.17. The van der Waals surface area contributed by atoms with Crippen LogP contribution >= 0.6 is 0 Å². The van der Waals surface area contributed by atoms with Crippen molar-refractivity contribution in [2.24, 2.45) is 17.8 Å². The molecule has 0 bridgehead atoms. The molecule has 0 spiro atoms. The lowest BCUT2D eigenvalue weighted by molar-refractivity contribution is -0.149. The number of carbonyl (C=O) groups excluding carboxylic acids is 3. The monoisotopic (exact) mass is 710 g/mol. The molecule has 1 atom stereocenters. The Morgan fingerprint density at radius 2 is 0.940 bits per heavy atom. The molecule has 296 valence electrons. The van der Waals surface area contributed by atoms with Gasteiger partial charge in [0, 0.05) is 19.4 Å². The van der Waals surface area contributed by atoms with E-state index in [4.69, 9.17) is 14.2 Å². The largest absolute Gasteiger partial charge is 0.466 e. The summed E-state index contributed by atoms with van der Waals surface area (Å²) in [6.07, 6.45) is 28.3. The van der Waals surface area contributed by atoms with Crippen LogP contribution in [0.4, 0.5) is 0 Å². The van der Waals surface area contributed by atoms with E-state index in [1.807, 2.05) is 14.1 Å². The third kappa shape index (κ3) is 33.5. The Kier molecular flexibility index (Phi) is 34.6. The summed E-state index contributed by atoms with van der Waals surface area (Å²) in [6.45, 7) is 11.5. The lowest BCUT2D eigenvalue weighted by atomic mass is 9.92. The molecule has 0 amide bonds. The van der Waals surface area contributed by atoms with Crippen LogP contribution in [0.5, 0.6) is 0 Å². The van der Waals surface area contributed by atoms with Crippen molar-refractivity contribution < 1.29 is 28.6 Å². The molecule has 50 heavy (non-hydrogen) atoms. The Labute approximate surface area is 310 Å². The third-order valence-electron chi connectivity index (χ3n) is 9.85. The lowest BCUT2D eigenvalue weighted by Crippen LogP contribution is -2.21. The first-order valence-corrected chi connectivity index (χ1v) is 21.3. The number of rotatable bonds is 37. The molecular weight excluding hydrogens is 626 g/mol. The van der Waals surface area contributed by atoms with Gasteiger partial charge in [-0.2, -0.15) is 0 Å². The van der Waals surface area contributed by atoms with Gasteiger partial charge in [0.05, 0.1) is 25.7 Å². The molecule has 0 saturated heterocycles. The molecule has 0 aliphatic rings. The van der Waals surface area contributed by atoms with E-state index in [0.717, 1.165) is 109 Å². The molecule has 0 aromatic carbocycles. The van der Waals surface area contributed by atoms with Gasteiger partial charge in [0.1, 0.15) is 0 Å². The molecule has 1 unspecified atom stereocenters. The summed E-state index contributed by atoms with van der Waals surface area (Å²) < 4.78 is 16.7. The van der Waals surface area contributed by atoms with Gasteiger partial charge in [0.15, 0.2) is 0 Å². The number of carbonyl (C=O) groups is 3. The zero-order valence-corrected chi connectivity index (χ0v) is 34.0. The SMILES string of the molecule is CCCCCC(CCCCC)CCOC(=O)CCCCCCCCC(CCCCCCC(=O)OCCCCC(C)C)C(=O)OCCCN(C)C. The second kappa shape index (κ2) is 35.8. The summed E-state index contributed by atoms with van der Waals surface area (Å²) in [7, 11) is 4.07. The zero-order valence-electron chi connectivity index (χ0n) is 34.0. The van der Waals surface area contributed by atoms with Crippen LogP contribution in [0.1, 0.15) is 201 Å². The summed E-state index contributed by atoms with van der Waals surface area (Å²) >= 11 is 0. The molecule has 0 saturated carbocycles. The van der Waals surface area contributed by atoms with Crippen molar-refractivity contribution in [3.05, 3.63) is 0 Å². The van der Waals surface area contributed by atoms with E-state index >= 15 is 0 Å². The van der Waals surface area contributed by atoms with Crippen LogP contribution in [0.2, 0.25) is 0 Å². The predicted molar refractivity (Wildman–Crippen MR) is 209 cm³/mol. The quantitative estimate of drug-likeness (QED) is 0.0361. The highest BCUT2D eigenvalue weighted by Crippen LogP contribution is 2.23. The van der Waals surface area contributed by atoms with Crippen molar-refractivity contribution in [1.82, 2.24) is 4.90 Å².